The zero-order valence-electron chi connectivity index (χ0n) is 12.1. The number of rotatable bonds is 3. The number of hydrogen-bond donors (Lipinski definition) is 0. The van der Waals surface area contributed by atoms with Gasteiger partial charge in [0, 0.05) is 37.3 Å². The quantitative estimate of drug-likeness (QED) is 0.847. The summed E-state index contributed by atoms with van der Waals surface area (Å²) in [4.78, 5) is 7.81. The van der Waals surface area contributed by atoms with Gasteiger partial charge in [0.15, 0.2) is 5.13 Å². The Kier molecular flexibility index (Phi) is 4.40. The Hall–Kier alpha value is -1.15. The van der Waals surface area contributed by atoms with Crippen LogP contribution >= 0.6 is 22.9 Å². The predicted molar refractivity (Wildman–Crippen MR) is 89.3 cm³/mol. The number of nitrogens with zero attached hydrogens (tertiary/aromatic N) is 3. The molecule has 8 heteroatoms. The molecular formula is C14H16ClN3O2S2. The molecule has 0 radical (unpaired) electrons. The molecule has 2 aromatic rings. The highest BCUT2D eigenvalue weighted by Crippen LogP contribution is 2.27. The molecule has 0 atom stereocenters. The summed E-state index contributed by atoms with van der Waals surface area (Å²) in [7, 11) is -3.54. The molecule has 22 heavy (non-hydrogen) atoms. The Bertz CT molecular complexity index is 768. The number of hydrogen-bond acceptors (Lipinski definition) is 5. The first-order chi connectivity index (χ1) is 10.5. The number of halogens is 1. The normalized spacial score (nSPS) is 16.9. The predicted octanol–water partition coefficient (Wildman–Crippen LogP) is 2.62. The summed E-state index contributed by atoms with van der Waals surface area (Å²) in [5.41, 5.74) is 0. The smallest absolute Gasteiger partial charge is 0.244 e. The van der Waals surface area contributed by atoms with Crippen LogP contribution in [0.1, 0.15) is 4.88 Å². The Balaban J connectivity index is 1.75. The molecule has 1 aromatic carbocycles. The first kappa shape index (κ1) is 15.7. The van der Waals surface area contributed by atoms with Crippen molar-refractivity contribution in [3.05, 3.63) is 40.4 Å². The van der Waals surface area contributed by atoms with E-state index in [4.69, 9.17) is 11.6 Å². The van der Waals surface area contributed by atoms with Crippen molar-refractivity contribution >= 4 is 38.1 Å². The summed E-state index contributed by atoms with van der Waals surface area (Å²) in [6.45, 7) is 4.16. The van der Waals surface area contributed by atoms with Crippen molar-refractivity contribution in [1.29, 1.82) is 0 Å². The molecule has 0 aliphatic carbocycles. The molecule has 1 saturated heterocycles. The van der Waals surface area contributed by atoms with Gasteiger partial charge in [0.25, 0.3) is 0 Å². The van der Waals surface area contributed by atoms with E-state index in [1.807, 2.05) is 13.1 Å². The largest absolute Gasteiger partial charge is 0.345 e. The average Bonchev–Trinajstić information content (AvgIpc) is 2.94. The molecule has 1 aliphatic heterocycles. The number of piperazine rings is 1. The van der Waals surface area contributed by atoms with Gasteiger partial charge in [-0.2, -0.15) is 4.31 Å². The monoisotopic (exact) mass is 357 g/mol. The third-order valence-electron chi connectivity index (χ3n) is 3.57. The number of anilines is 1. The lowest BCUT2D eigenvalue weighted by Gasteiger charge is -2.33. The first-order valence-corrected chi connectivity index (χ1v) is 9.54. The molecule has 1 aliphatic rings. The fourth-order valence-electron chi connectivity index (χ4n) is 2.40. The minimum Gasteiger partial charge on any atom is -0.345 e. The van der Waals surface area contributed by atoms with Crippen molar-refractivity contribution in [3.8, 4) is 0 Å². The van der Waals surface area contributed by atoms with E-state index in [1.54, 1.807) is 35.6 Å². The van der Waals surface area contributed by atoms with Crippen molar-refractivity contribution in [2.75, 3.05) is 31.1 Å². The molecule has 118 valence electrons. The number of aryl methyl sites for hydroxylation is 1. The van der Waals surface area contributed by atoms with Gasteiger partial charge >= 0.3 is 0 Å². The molecule has 0 bridgehead atoms. The van der Waals surface area contributed by atoms with Crippen LogP contribution in [0.3, 0.4) is 0 Å². The average molecular weight is 358 g/mol. The van der Waals surface area contributed by atoms with Gasteiger partial charge in [-0.15, -0.1) is 11.3 Å². The second-order valence-corrected chi connectivity index (χ2v) is 8.60. The van der Waals surface area contributed by atoms with Gasteiger partial charge in [-0.05, 0) is 19.1 Å². The Morgan fingerprint density at radius 1 is 1.18 bits per heavy atom. The van der Waals surface area contributed by atoms with E-state index < -0.39 is 10.0 Å². The molecule has 3 rings (SSSR count). The maximum Gasteiger partial charge on any atom is 0.244 e. The molecule has 0 amide bonds. The summed E-state index contributed by atoms with van der Waals surface area (Å²) in [5.74, 6) is 0. The van der Waals surface area contributed by atoms with Crippen LogP contribution < -0.4 is 4.90 Å². The number of thiazole rings is 1. The van der Waals surface area contributed by atoms with Crippen molar-refractivity contribution in [1.82, 2.24) is 9.29 Å². The summed E-state index contributed by atoms with van der Waals surface area (Å²) < 4.78 is 26.8. The summed E-state index contributed by atoms with van der Waals surface area (Å²) >= 11 is 7.66. The SMILES string of the molecule is Cc1cnc(N2CCN(S(=O)(=O)c3ccccc3Cl)CC2)s1. The molecule has 1 fully saturated rings. The molecule has 0 N–H and O–H groups in total. The van der Waals surface area contributed by atoms with Crippen molar-refractivity contribution in [2.45, 2.75) is 11.8 Å². The van der Waals surface area contributed by atoms with E-state index in [0.717, 1.165) is 10.0 Å². The van der Waals surface area contributed by atoms with Gasteiger partial charge in [-0.3, -0.25) is 0 Å². The zero-order chi connectivity index (χ0) is 15.7. The molecule has 5 nitrogen and oxygen atoms in total. The standard InChI is InChI=1S/C14H16ClN3O2S2/c1-11-10-16-14(21-11)17-6-8-18(9-7-17)22(19,20)13-5-3-2-4-12(13)15/h2-5,10H,6-9H2,1H3. The fraction of sp³-hybridized carbons (Fsp3) is 0.357. The minimum absolute atomic E-state index is 0.176. The van der Waals surface area contributed by atoms with Gasteiger partial charge in [-0.1, -0.05) is 23.7 Å². The van der Waals surface area contributed by atoms with Crippen LogP contribution in [0.5, 0.6) is 0 Å². The van der Waals surface area contributed by atoms with Crippen molar-refractivity contribution in [3.63, 3.8) is 0 Å². The number of benzene rings is 1. The summed E-state index contributed by atoms with van der Waals surface area (Å²) in [6.07, 6.45) is 1.84. The molecule has 1 aromatic heterocycles. The van der Waals surface area contributed by atoms with E-state index in [0.29, 0.717) is 26.2 Å². The lowest BCUT2D eigenvalue weighted by Crippen LogP contribution is -2.48. The van der Waals surface area contributed by atoms with Crippen LogP contribution in [0, 0.1) is 6.92 Å². The van der Waals surface area contributed by atoms with Crippen molar-refractivity contribution in [2.24, 2.45) is 0 Å². The van der Waals surface area contributed by atoms with Gasteiger partial charge in [-0.25, -0.2) is 13.4 Å². The third-order valence-corrected chi connectivity index (χ3v) is 6.94. The molecule has 0 spiro atoms. The topological polar surface area (TPSA) is 53.5 Å². The van der Waals surface area contributed by atoms with E-state index in [2.05, 4.69) is 9.88 Å². The van der Waals surface area contributed by atoms with Gasteiger partial charge in [0.05, 0.1) is 5.02 Å². The highest BCUT2D eigenvalue weighted by Gasteiger charge is 2.30. The lowest BCUT2D eigenvalue weighted by molar-refractivity contribution is 0.385. The summed E-state index contributed by atoms with van der Waals surface area (Å²) in [6, 6.07) is 6.56. The van der Waals surface area contributed by atoms with E-state index in [9.17, 15) is 8.42 Å². The van der Waals surface area contributed by atoms with Crippen LogP contribution in [0.4, 0.5) is 5.13 Å². The molecular weight excluding hydrogens is 342 g/mol. The highest BCUT2D eigenvalue weighted by atomic mass is 35.5. The highest BCUT2D eigenvalue weighted by molar-refractivity contribution is 7.89. The Morgan fingerprint density at radius 3 is 2.45 bits per heavy atom. The Morgan fingerprint density at radius 2 is 1.86 bits per heavy atom. The minimum atomic E-state index is -3.54. The van der Waals surface area contributed by atoms with Crippen LogP contribution in [0.25, 0.3) is 0 Å². The molecule has 0 unspecified atom stereocenters. The fourth-order valence-corrected chi connectivity index (χ4v) is 5.13. The van der Waals surface area contributed by atoms with Gasteiger partial charge < -0.3 is 4.90 Å². The van der Waals surface area contributed by atoms with E-state index in [-0.39, 0.29) is 9.92 Å². The maximum absolute atomic E-state index is 12.7. The lowest BCUT2D eigenvalue weighted by atomic mass is 10.4. The second-order valence-electron chi connectivity index (χ2n) is 5.08. The van der Waals surface area contributed by atoms with Gasteiger partial charge in [0.1, 0.15) is 4.90 Å². The maximum atomic E-state index is 12.7. The zero-order valence-corrected chi connectivity index (χ0v) is 14.5. The van der Waals surface area contributed by atoms with Crippen LogP contribution in [-0.2, 0) is 10.0 Å². The van der Waals surface area contributed by atoms with Crippen LogP contribution in [0.15, 0.2) is 35.4 Å². The van der Waals surface area contributed by atoms with Gasteiger partial charge in [0.2, 0.25) is 10.0 Å². The van der Waals surface area contributed by atoms with Crippen LogP contribution in [-0.4, -0.2) is 43.9 Å². The second kappa shape index (κ2) is 6.16. The number of aromatic nitrogens is 1. The third kappa shape index (κ3) is 2.99. The van der Waals surface area contributed by atoms with Crippen LogP contribution in [0.2, 0.25) is 5.02 Å². The summed E-state index contributed by atoms with van der Waals surface area (Å²) in [5, 5.41) is 1.22. The Labute approximate surface area is 139 Å². The van der Waals surface area contributed by atoms with E-state index in [1.165, 1.54) is 4.31 Å². The number of sulfonamides is 1. The van der Waals surface area contributed by atoms with E-state index >= 15 is 0 Å². The molecule has 2 heterocycles. The molecule has 0 saturated carbocycles. The van der Waals surface area contributed by atoms with Crippen molar-refractivity contribution < 1.29 is 8.42 Å². The first-order valence-electron chi connectivity index (χ1n) is 6.90.